The first-order chi connectivity index (χ1) is 6.43. The molecule has 0 aliphatic rings. The van der Waals surface area contributed by atoms with Crippen molar-refractivity contribution in [2.45, 2.75) is 0 Å². The Bertz CT molecular complexity index is 385. The second-order valence-corrected chi connectivity index (χ2v) is 2.64. The van der Waals surface area contributed by atoms with E-state index in [0.29, 0.717) is 0 Å². The fourth-order valence-corrected chi connectivity index (χ4v) is 1.03. The molecule has 1 aromatic rings. The maximum atomic E-state index is 10.7. The highest BCUT2D eigenvalue weighted by molar-refractivity contribution is 6.36. The molecule has 0 fully saturated rings. The molecule has 1 rings (SSSR count). The fourth-order valence-electron chi connectivity index (χ4n) is 0.769. The van der Waals surface area contributed by atoms with Crippen LogP contribution in [0.4, 0.5) is 5.95 Å². The van der Waals surface area contributed by atoms with Crippen molar-refractivity contribution in [3.63, 3.8) is 0 Å². The van der Waals surface area contributed by atoms with Crippen molar-refractivity contribution in [3.8, 4) is 0 Å². The number of aromatic nitrogens is 2. The number of nitrogen functional groups attached to an aromatic ring is 1. The van der Waals surface area contributed by atoms with Crippen molar-refractivity contribution >= 4 is 29.4 Å². The van der Waals surface area contributed by atoms with Gasteiger partial charge in [0.05, 0.1) is 0 Å². The lowest BCUT2D eigenvalue weighted by molar-refractivity contribution is 0.0690. The highest BCUT2D eigenvalue weighted by atomic mass is 35.5. The Morgan fingerprint density at radius 1 is 1.29 bits per heavy atom. The van der Waals surface area contributed by atoms with Crippen LogP contribution < -0.4 is 11.5 Å². The molecule has 1 heterocycles. The van der Waals surface area contributed by atoms with Crippen LogP contribution in [0.1, 0.15) is 21.0 Å². The zero-order valence-corrected chi connectivity index (χ0v) is 7.45. The second kappa shape index (κ2) is 3.46. The third-order valence-corrected chi connectivity index (χ3v) is 1.66. The van der Waals surface area contributed by atoms with Gasteiger partial charge in [0.1, 0.15) is 5.02 Å². The Balaban J connectivity index is 3.47. The first kappa shape index (κ1) is 10.2. The Morgan fingerprint density at radius 2 is 1.79 bits per heavy atom. The van der Waals surface area contributed by atoms with Gasteiger partial charge < -0.3 is 16.6 Å². The number of nitrogens with zero attached hydrogens (tertiary/aromatic N) is 2. The molecule has 5 N–H and O–H groups in total. The fraction of sp³-hybridized carbons (Fsp3) is 0. The van der Waals surface area contributed by atoms with Crippen molar-refractivity contribution in [2.24, 2.45) is 5.73 Å². The number of rotatable bonds is 2. The number of hydrogen-bond donors (Lipinski definition) is 3. The van der Waals surface area contributed by atoms with Crippen LogP contribution in [0.2, 0.25) is 5.02 Å². The summed E-state index contributed by atoms with van der Waals surface area (Å²) >= 11 is 5.51. The topological polar surface area (TPSA) is 132 Å². The van der Waals surface area contributed by atoms with E-state index in [-0.39, 0.29) is 5.95 Å². The van der Waals surface area contributed by atoms with Gasteiger partial charge in [-0.1, -0.05) is 11.6 Å². The number of hydrogen-bond acceptors (Lipinski definition) is 5. The van der Waals surface area contributed by atoms with E-state index < -0.39 is 28.3 Å². The predicted octanol–water partition coefficient (Wildman–Crippen LogP) is -0.491. The van der Waals surface area contributed by atoms with Crippen LogP contribution in [0.5, 0.6) is 0 Å². The van der Waals surface area contributed by atoms with E-state index in [0.717, 1.165) is 0 Å². The third-order valence-electron chi connectivity index (χ3n) is 1.30. The molecule has 0 aromatic carbocycles. The molecule has 1 amide bonds. The van der Waals surface area contributed by atoms with E-state index in [1.165, 1.54) is 0 Å². The number of primary amides is 1. The molecular formula is C6H5ClN4O3. The summed E-state index contributed by atoms with van der Waals surface area (Å²) in [5.74, 6) is -2.75. The first-order valence-corrected chi connectivity index (χ1v) is 3.67. The zero-order chi connectivity index (χ0) is 10.9. The molecule has 0 radical (unpaired) electrons. The quantitative estimate of drug-likeness (QED) is 0.611. The molecule has 0 saturated heterocycles. The maximum absolute atomic E-state index is 10.7. The maximum Gasteiger partial charge on any atom is 0.356 e. The number of carbonyl (C=O) groups is 2. The van der Waals surface area contributed by atoms with Crippen molar-refractivity contribution in [1.82, 2.24) is 9.97 Å². The lowest BCUT2D eigenvalue weighted by Gasteiger charge is -2.02. The Kier molecular flexibility index (Phi) is 2.52. The minimum Gasteiger partial charge on any atom is -0.476 e. The van der Waals surface area contributed by atoms with Gasteiger partial charge in [-0.3, -0.25) is 4.79 Å². The minimum absolute atomic E-state index is 0.374. The SMILES string of the molecule is NC(=O)c1nc(N)nc(C(=O)O)c1Cl. The number of carboxylic acids is 1. The largest absolute Gasteiger partial charge is 0.476 e. The van der Waals surface area contributed by atoms with E-state index in [4.69, 9.17) is 28.2 Å². The van der Waals surface area contributed by atoms with Gasteiger partial charge in [0.25, 0.3) is 5.91 Å². The summed E-state index contributed by atoms with van der Waals surface area (Å²) in [5, 5.41) is 8.20. The molecule has 0 aliphatic carbocycles. The van der Waals surface area contributed by atoms with Gasteiger partial charge in [-0.15, -0.1) is 0 Å². The first-order valence-electron chi connectivity index (χ1n) is 3.29. The number of nitrogens with two attached hydrogens (primary N) is 2. The summed E-state index contributed by atoms with van der Waals surface area (Å²) in [6.45, 7) is 0. The van der Waals surface area contributed by atoms with Crippen LogP contribution in [-0.4, -0.2) is 27.0 Å². The highest BCUT2D eigenvalue weighted by Gasteiger charge is 2.19. The van der Waals surface area contributed by atoms with E-state index in [2.05, 4.69) is 9.97 Å². The zero-order valence-electron chi connectivity index (χ0n) is 6.69. The summed E-state index contributed by atoms with van der Waals surface area (Å²) < 4.78 is 0. The van der Waals surface area contributed by atoms with Crippen LogP contribution in [0.3, 0.4) is 0 Å². The smallest absolute Gasteiger partial charge is 0.356 e. The third kappa shape index (κ3) is 1.72. The van der Waals surface area contributed by atoms with Crippen molar-refractivity contribution in [1.29, 1.82) is 0 Å². The summed E-state index contributed by atoms with van der Waals surface area (Å²) in [5.41, 5.74) is 9.09. The number of amides is 1. The second-order valence-electron chi connectivity index (χ2n) is 2.26. The molecule has 0 unspecified atom stereocenters. The summed E-state index contributed by atoms with van der Waals surface area (Å²) in [7, 11) is 0. The van der Waals surface area contributed by atoms with Gasteiger partial charge in [-0.2, -0.15) is 0 Å². The highest BCUT2D eigenvalue weighted by Crippen LogP contribution is 2.18. The van der Waals surface area contributed by atoms with Crippen LogP contribution in [0.15, 0.2) is 0 Å². The number of carboxylic acid groups (broad SMARTS) is 1. The number of anilines is 1. The lowest BCUT2D eigenvalue weighted by atomic mass is 10.3. The van der Waals surface area contributed by atoms with Crippen molar-refractivity contribution in [2.75, 3.05) is 5.73 Å². The van der Waals surface area contributed by atoms with E-state index in [9.17, 15) is 9.59 Å². The van der Waals surface area contributed by atoms with E-state index >= 15 is 0 Å². The van der Waals surface area contributed by atoms with Gasteiger partial charge in [0.2, 0.25) is 5.95 Å². The minimum atomic E-state index is -1.41. The Morgan fingerprint density at radius 3 is 2.21 bits per heavy atom. The van der Waals surface area contributed by atoms with E-state index in [1.807, 2.05) is 0 Å². The van der Waals surface area contributed by atoms with Crippen molar-refractivity contribution < 1.29 is 14.7 Å². The summed E-state index contributed by atoms with van der Waals surface area (Å²) in [6, 6.07) is 0. The molecule has 0 bridgehead atoms. The van der Waals surface area contributed by atoms with Crippen molar-refractivity contribution in [3.05, 3.63) is 16.4 Å². The van der Waals surface area contributed by atoms with Gasteiger partial charge in [0.15, 0.2) is 11.4 Å². The predicted molar refractivity (Wildman–Crippen MR) is 46.9 cm³/mol. The normalized spacial score (nSPS) is 9.79. The van der Waals surface area contributed by atoms with Gasteiger partial charge in [-0.25, -0.2) is 14.8 Å². The van der Waals surface area contributed by atoms with Gasteiger partial charge in [0, 0.05) is 0 Å². The summed E-state index contributed by atoms with van der Waals surface area (Å²) in [4.78, 5) is 28.1. The standard InChI is InChI=1S/C6H5ClN4O3/c7-1-2(4(8)12)10-6(9)11-3(1)5(13)14/h(H2,8,12)(H,13,14)(H2,9,10,11). The Hall–Kier alpha value is -1.89. The molecular weight excluding hydrogens is 212 g/mol. The molecule has 0 spiro atoms. The number of halogens is 1. The van der Waals surface area contributed by atoms with Crippen LogP contribution in [0, 0.1) is 0 Å². The lowest BCUT2D eigenvalue weighted by Crippen LogP contribution is -2.18. The van der Waals surface area contributed by atoms with Gasteiger partial charge in [-0.05, 0) is 0 Å². The number of carbonyl (C=O) groups excluding carboxylic acids is 1. The van der Waals surface area contributed by atoms with Crippen LogP contribution in [-0.2, 0) is 0 Å². The summed E-state index contributed by atoms with van der Waals surface area (Å²) in [6.07, 6.45) is 0. The molecule has 0 saturated carbocycles. The Labute approximate surface area is 82.7 Å². The molecule has 0 atom stereocenters. The monoisotopic (exact) mass is 216 g/mol. The van der Waals surface area contributed by atoms with Crippen LogP contribution >= 0.6 is 11.6 Å². The molecule has 0 aliphatic heterocycles. The average molecular weight is 217 g/mol. The molecule has 14 heavy (non-hydrogen) atoms. The number of aromatic carboxylic acids is 1. The van der Waals surface area contributed by atoms with E-state index in [1.54, 1.807) is 0 Å². The van der Waals surface area contributed by atoms with Gasteiger partial charge >= 0.3 is 5.97 Å². The van der Waals surface area contributed by atoms with Crippen LogP contribution in [0.25, 0.3) is 0 Å². The molecule has 74 valence electrons. The molecule has 1 aromatic heterocycles. The molecule has 7 nitrogen and oxygen atoms in total. The molecule has 8 heteroatoms. The average Bonchev–Trinajstić information content (AvgIpc) is 2.07.